The van der Waals surface area contributed by atoms with Crippen LogP contribution in [-0.2, 0) is 16.4 Å². The summed E-state index contributed by atoms with van der Waals surface area (Å²) < 4.78 is 23.0. The predicted octanol–water partition coefficient (Wildman–Crippen LogP) is -0.179. The predicted molar refractivity (Wildman–Crippen MR) is 70.3 cm³/mol. The summed E-state index contributed by atoms with van der Waals surface area (Å²) in [6, 6.07) is 0. The molecule has 1 aromatic heterocycles. The van der Waals surface area contributed by atoms with Gasteiger partial charge in [0.05, 0.1) is 11.5 Å². The Bertz CT molecular complexity index is 486. The lowest BCUT2D eigenvalue weighted by molar-refractivity contribution is 0.597. The molecule has 0 bridgehead atoms. The molecule has 1 aliphatic rings. The van der Waals surface area contributed by atoms with Gasteiger partial charge in [0.25, 0.3) is 0 Å². The summed E-state index contributed by atoms with van der Waals surface area (Å²) in [5.41, 5.74) is 1.02. The molecule has 1 saturated heterocycles. The molecular weight excluding hydrogens is 252 g/mol. The van der Waals surface area contributed by atoms with E-state index in [4.69, 9.17) is 0 Å². The third-order valence-corrected chi connectivity index (χ3v) is 4.63. The first kappa shape index (κ1) is 13.2. The summed E-state index contributed by atoms with van der Waals surface area (Å²) in [4.78, 5) is 10.5. The van der Waals surface area contributed by atoms with Gasteiger partial charge in [0.2, 0.25) is 5.95 Å². The van der Waals surface area contributed by atoms with Crippen molar-refractivity contribution in [2.75, 3.05) is 36.5 Å². The van der Waals surface area contributed by atoms with Crippen molar-refractivity contribution < 1.29 is 8.42 Å². The molecule has 0 saturated carbocycles. The molecule has 7 heteroatoms. The van der Waals surface area contributed by atoms with Gasteiger partial charge in [-0.25, -0.2) is 18.4 Å². The molecule has 100 valence electrons. The van der Waals surface area contributed by atoms with E-state index in [1.807, 2.05) is 11.9 Å². The minimum Gasteiger partial charge on any atom is -0.340 e. The average Bonchev–Trinajstić information content (AvgIpc) is 2.52. The first-order chi connectivity index (χ1) is 8.61. The van der Waals surface area contributed by atoms with Crippen LogP contribution in [0.1, 0.15) is 12.0 Å². The van der Waals surface area contributed by atoms with Crippen LogP contribution in [0, 0.1) is 0 Å². The second-order valence-corrected chi connectivity index (χ2v) is 6.72. The zero-order valence-electron chi connectivity index (χ0n) is 10.5. The first-order valence-electron chi connectivity index (χ1n) is 6.01. The fourth-order valence-electron chi connectivity index (χ4n) is 1.95. The van der Waals surface area contributed by atoms with Crippen LogP contribution in [0.2, 0.25) is 0 Å². The molecule has 1 aromatic rings. The molecule has 0 amide bonds. The van der Waals surface area contributed by atoms with Crippen molar-refractivity contribution in [3.8, 4) is 0 Å². The molecule has 2 heterocycles. The molecule has 0 atom stereocenters. The Labute approximate surface area is 107 Å². The average molecular weight is 270 g/mol. The van der Waals surface area contributed by atoms with E-state index in [1.54, 1.807) is 12.4 Å². The van der Waals surface area contributed by atoms with Crippen LogP contribution in [0.25, 0.3) is 0 Å². The Balaban J connectivity index is 2.07. The van der Waals surface area contributed by atoms with Crippen molar-refractivity contribution in [2.24, 2.45) is 0 Å². The third kappa shape index (κ3) is 3.39. The van der Waals surface area contributed by atoms with Crippen LogP contribution < -0.4 is 10.2 Å². The highest BCUT2D eigenvalue weighted by Gasteiger charge is 2.20. The lowest BCUT2D eigenvalue weighted by Gasteiger charge is -2.19. The highest BCUT2D eigenvalue weighted by atomic mass is 32.2. The monoisotopic (exact) mass is 270 g/mol. The molecule has 1 aliphatic heterocycles. The molecule has 0 aromatic carbocycles. The van der Waals surface area contributed by atoms with E-state index in [0.29, 0.717) is 25.5 Å². The van der Waals surface area contributed by atoms with Crippen molar-refractivity contribution in [3.05, 3.63) is 18.0 Å². The van der Waals surface area contributed by atoms with Gasteiger partial charge in [0.1, 0.15) is 0 Å². The number of hydrogen-bond acceptors (Lipinski definition) is 6. The van der Waals surface area contributed by atoms with E-state index in [-0.39, 0.29) is 11.5 Å². The van der Waals surface area contributed by atoms with Gasteiger partial charge in [-0.2, -0.15) is 0 Å². The fraction of sp³-hybridized carbons (Fsp3) is 0.636. The van der Waals surface area contributed by atoms with Gasteiger partial charge < -0.3 is 10.2 Å². The number of rotatable bonds is 3. The SMILES string of the molecule is CNCc1cnc(N2CCCS(=O)(=O)CC2)nc1. The molecule has 18 heavy (non-hydrogen) atoms. The van der Waals surface area contributed by atoms with Crippen molar-refractivity contribution in [1.82, 2.24) is 15.3 Å². The van der Waals surface area contributed by atoms with Crippen LogP contribution >= 0.6 is 0 Å². The molecule has 0 radical (unpaired) electrons. The number of nitrogens with one attached hydrogen (secondary N) is 1. The Kier molecular flexibility index (Phi) is 4.13. The lowest BCUT2D eigenvalue weighted by atomic mass is 10.3. The molecule has 1 fully saturated rings. The van der Waals surface area contributed by atoms with Crippen LogP contribution in [0.3, 0.4) is 0 Å². The maximum atomic E-state index is 11.5. The van der Waals surface area contributed by atoms with Gasteiger partial charge in [-0.1, -0.05) is 0 Å². The highest BCUT2D eigenvalue weighted by molar-refractivity contribution is 7.91. The van der Waals surface area contributed by atoms with Gasteiger partial charge in [0.15, 0.2) is 9.84 Å². The van der Waals surface area contributed by atoms with E-state index in [1.165, 1.54) is 0 Å². The van der Waals surface area contributed by atoms with Gasteiger partial charge in [-0.15, -0.1) is 0 Å². The summed E-state index contributed by atoms with van der Waals surface area (Å²) in [5.74, 6) is 1.07. The van der Waals surface area contributed by atoms with Crippen molar-refractivity contribution in [1.29, 1.82) is 0 Å². The van der Waals surface area contributed by atoms with Gasteiger partial charge >= 0.3 is 0 Å². The van der Waals surface area contributed by atoms with Gasteiger partial charge in [0, 0.05) is 37.6 Å². The fourth-order valence-corrected chi connectivity index (χ4v) is 3.22. The number of aromatic nitrogens is 2. The minimum atomic E-state index is -2.88. The minimum absolute atomic E-state index is 0.189. The maximum absolute atomic E-state index is 11.5. The Morgan fingerprint density at radius 3 is 2.67 bits per heavy atom. The number of nitrogens with zero attached hydrogens (tertiary/aromatic N) is 3. The molecular formula is C11H18N4O2S. The van der Waals surface area contributed by atoms with E-state index < -0.39 is 9.84 Å². The molecule has 2 rings (SSSR count). The van der Waals surface area contributed by atoms with E-state index in [2.05, 4.69) is 15.3 Å². The van der Waals surface area contributed by atoms with Crippen LogP contribution in [0.15, 0.2) is 12.4 Å². The zero-order chi connectivity index (χ0) is 13.0. The highest BCUT2D eigenvalue weighted by Crippen LogP contribution is 2.12. The Morgan fingerprint density at radius 2 is 2.00 bits per heavy atom. The number of anilines is 1. The first-order valence-corrected chi connectivity index (χ1v) is 7.84. The van der Waals surface area contributed by atoms with E-state index >= 15 is 0 Å². The zero-order valence-corrected chi connectivity index (χ0v) is 11.3. The van der Waals surface area contributed by atoms with Gasteiger partial charge in [-0.3, -0.25) is 0 Å². The number of hydrogen-bond donors (Lipinski definition) is 1. The lowest BCUT2D eigenvalue weighted by Crippen LogP contribution is -2.28. The molecule has 6 nitrogen and oxygen atoms in total. The van der Waals surface area contributed by atoms with E-state index in [0.717, 1.165) is 12.1 Å². The molecule has 1 N–H and O–H groups in total. The maximum Gasteiger partial charge on any atom is 0.225 e. The molecule has 0 spiro atoms. The Hall–Kier alpha value is -1.21. The summed E-state index contributed by atoms with van der Waals surface area (Å²) in [7, 11) is -1.02. The Morgan fingerprint density at radius 1 is 1.28 bits per heavy atom. The van der Waals surface area contributed by atoms with E-state index in [9.17, 15) is 8.42 Å². The topological polar surface area (TPSA) is 75.2 Å². The number of sulfone groups is 1. The van der Waals surface area contributed by atoms with Gasteiger partial charge in [-0.05, 0) is 13.5 Å². The molecule has 0 unspecified atom stereocenters. The van der Waals surface area contributed by atoms with Crippen LogP contribution in [0.4, 0.5) is 5.95 Å². The van der Waals surface area contributed by atoms with Crippen molar-refractivity contribution >= 4 is 15.8 Å². The van der Waals surface area contributed by atoms with Crippen molar-refractivity contribution in [3.63, 3.8) is 0 Å². The second-order valence-electron chi connectivity index (χ2n) is 4.41. The molecule has 0 aliphatic carbocycles. The largest absolute Gasteiger partial charge is 0.340 e. The normalized spacial score (nSPS) is 19.5. The van der Waals surface area contributed by atoms with Crippen LogP contribution in [0.5, 0.6) is 0 Å². The standard InChI is InChI=1S/C11H18N4O2S/c1-12-7-10-8-13-11(14-9-10)15-3-2-5-18(16,17)6-4-15/h8-9,12H,2-7H2,1H3. The summed E-state index contributed by atoms with van der Waals surface area (Å²) >= 11 is 0. The van der Waals surface area contributed by atoms with Crippen molar-refractivity contribution in [2.45, 2.75) is 13.0 Å². The summed E-state index contributed by atoms with van der Waals surface area (Å²) in [6.07, 6.45) is 4.19. The summed E-state index contributed by atoms with van der Waals surface area (Å²) in [6.45, 7) is 1.91. The second kappa shape index (κ2) is 5.62. The third-order valence-electron chi connectivity index (χ3n) is 2.91. The van der Waals surface area contributed by atoms with Crippen LogP contribution in [-0.4, -0.2) is 50.0 Å². The smallest absolute Gasteiger partial charge is 0.225 e. The quantitative estimate of drug-likeness (QED) is 0.821. The summed E-state index contributed by atoms with van der Waals surface area (Å²) in [5, 5.41) is 3.03.